The molecule has 0 radical (unpaired) electrons. The number of carbonyl (C=O) groups excluding carboxylic acids is 1. The number of hydrogen-bond acceptors (Lipinski definition) is 3. The van der Waals surface area contributed by atoms with E-state index in [0.29, 0.717) is 6.42 Å². The number of amides is 1. The number of rotatable bonds is 5. The average Bonchev–Trinajstić information content (AvgIpc) is 2.69. The summed E-state index contributed by atoms with van der Waals surface area (Å²) >= 11 is 2.22. The third kappa shape index (κ3) is 4.04. The highest BCUT2D eigenvalue weighted by molar-refractivity contribution is 14.1. The standard InChI is InChI=1S/C15H18IN3O2/c1-10-14(7-8-20)11(2)19(18-10)9-15(21)17-13-5-3-12(16)4-6-13/h3-6,20H,7-9H2,1-2H3,(H,17,21). The van der Waals surface area contributed by atoms with Crippen LogP contribution in [0.3, 0.4) is 0 Å². The topological polar surface area (TPSA) is 67.2 Å². The SMILES string of the molecule is Cc1nn(CC(=O)Nc2ccc(I)cc2)c(C)c1CCO. The van der Waals surface area contributed by atoms with Gasteiger partial charge in [0.15, 0.2) is 0 Å². The van der Waals surface area contributed by atoms with Crippen LogP contribution in [0.15, 0.2) is 24.3 Å². The van der Waals surface area contributed by atoms with Gasteiger partial charge in [0.2, 0.25) is 5.91 Å². The monoisotopic (exact) mass is 399 g/mol. The number of benzene rings is 1. The van der Waals surface area contributed by atoms with E-state index in [0.717, 1.165) is 26.2 Å². The van der Waals surface area contributed by atoms with E-state index in [2.05, 4.69) is 33.0 Å². The van der Waals surface area contributed by atoms with Crippen LogP contribution in [0.2, 0.25) is 0 Å². The van der Waals surface area contributed by atoms with E-state index in [1.54, 1.807) is 4.68 Å². The second kappa shape index (κ2) is 7.04. The molecule has 0 aliphatic rings. The number of hydrogen-bond donors (Lipinski definition) is 2. The number of anilines is 1. The minimum absolute atomic E-state index is 0.0855. The average molecular weight is 399 g/mol. The van der Waals surface area contributed by atoms with E-state index in [-0.39, 0.29) is 19.1 Å². The Morgan fingerprint density at radius 3 is 2.62 bits per heavy atom. The van der Waals surface area contributed by atoms with Gasteiger partial charge in [-0.05, 0) is 72.7 Å². The zero-order valence-corrected chi connectivity index (χ0v) is 14.2. The van der Waals surface area contributed by atoms with E-state index in [1.165, 1.54) is 0 Å². The molecule has 21 heavy (non-hydrogen) atoms. The molecule has 2 rings (SSSR count). The molecular formula is C15H18IN3O2. The number of halogens is 1. The highest BCUT2D eigenvalue weighted by Crippen LogP contribution is 2.14. The molecule has 2 N–H and O–H groups in total. The van der Waals surface area contributed by atoms with Gasteiger partial charge in [-0.15, -0.1) is 0 Å². The van der Waals surface area contributed by atoms with Gasteiger partial charge in [-0.2, -0.15) is 5.10 Å². The molecule has 1 aromatic heterocycles. The molecule has 0 fully saturated rings. The third-order valence-electron chi connectivity index (χ3n) is 3.31. The first kappa shape index (κ1) is 16.0. The van der Waals surface area contributed by atoms with Gasteiger partial charge in [0, 0.05) is 21.6 Å². The maximum absolute atomic E-state index is 12.1. The molecule has 0 saturated heterocycles. The normalized spacial score (nSPS) is 10.7. The van der Waals surface area contributed by atoms with Crippen molar-refractivity contribution in [3.8, 4) is 0 Å². The Kier molecular flexibility index (Phi) is 5.35. The predicted molar refractivity (Wildman–Crippen MR) is 90.3 cm³/mol. The highest BCUT2D eigenvalue weighted by Gasteiger charge is 2.13. The summed E-state index contributed by atoms with van der Waals surface area (Å²) in [7, 11) is 0. The van der Waals surface area contributed by atoms with Gasteiger partial charge in [-0.3, -0.25) is 9.48 Å². The van der Waals surface area contributed by atoms with Crippen molar-refractivity contribution in [2.45, 2.75) is 26.8 Å². The summed E-state index contributed by atoms with van der Waals surface area (Å²) in [5.74, 6) is -0.114. The second-order valence-corrected chi connectivity index (χ2v) is 6.08. The van der Waals surface area contributed by atoms with E-state index < -0.39 is 0 Å². The smallest absolute Gasteiger partial charge is 0.246 e. The van der Waals surface area contributed by atoms with E-state index in [4.69, 9.17) is 5.11 Å². The molecule has 112 valence electrons. The molecule has 0 aliphatic heterocycles. The molecule has 1 aromatic carbocycles. The summed E-state index contributed by atoms with van der Waals surface area (Å²) in [5, 5.41) is 16.3. The molecule has 0 aliphatic carbocycles. The maximum atomic E-state index is 12.1. The molecule has 0 saturated carbocycles. The predicted octanol–water partition coefficient (Wildman–Crippen LogP) is 2.28. The van der Waals surface area contributed by atoms with Crippen molar-refractivity contribution in [3.63, 3.8) is 0 Å². The number of nitrogens with one attached hydrogen (secondary N) is 1. The summed E-state index contributed by atoms with van der Waals surface area (Å²) in [4.78, 5) is 12.1. The lowest BCUT2D eigenvalue weighted by Crippen LogP contribution is -2.20. The molecule has 1 heterocycles. The summed E-state index contributed by atoms with van der Waals surface area (Å²) in [6.07, 6.45) is 0.566. The number of aromatic nitrogens is 2. The van der Waals surface area contributed by atoms with E-state index in [9.17, 15) is 4.79 Å². The Morgan fingerprint density at radius 2 is 2.00 bits per heavy atom. The van der Waals surface area contributed by atoms with E-state index >= 15 is 0 Å². The van der Waals surface area contributed by atoms with Crippen molar-refractivity contribution in [2.24, 2.45) is 0 Å². The largest absolute Gasteiger partial charge is 0.396 e. The minimum atomic E-state index is -0.114. The van der Waals surface area contributed by atoms with Gasteiger partial charge in [-0.1, -0.05) is 0 Å². The summed E-state index contributed by atoms with van der Waals surface area (Å²) in [6, 6.07) is 7.63. The van der Waals surface area contributed by atoms with Crippen LogP contribution in [0.4, 0.5) is 5.69 Å². The molecule has 0 unspecified atom stereocenters. The van der Waals surface area contributed by atoms with Gasteiger partial charge in [0.1, 0.15) is 6.54 Å². The lowest BCUT2D eigenvalue weighted by atomic mass is 10.1. The van der Waals surface area contributed by atoms with Gasteiger partial charge < -0.3 is 10.4 Å². The van der Waals surface area contributed by atoms with Crippen molar-refractivity contribution in [2.75, 3.05) is 11.9 Å². The Hall–Kier alpha value is -1.41. The van der Waals surface area contributed by atoms with Crippen LogP contribution in [0.5, 0.6) is 0 Å². The zero-order valence-electron chi connectivity index (χ0n) is 12.1. The Bertz CT molecular complexity index is 635. The second-order valence-electron chi connectivity index (χ2n) is 4.84. The lowest BCUT2D eigenvalue weighted by Gasteiger charge is -2.07. The first-order valence-corrected chi connectivity index (χ1v) is 7.78. The molecule has 0 atom stereocenters. The fourth-order valence-electron chi connectivity index (χ4n) is 2.23. The lowest BCUT2D eigenvalue weighted by molar-refractivity contribution is -0.116. The van der Waals surface area contributed by atoms with Crippen LogP contribution < -0.4 is 5.32 Å². The highest BCUT2D eigenvalue weighted by atomic mass is 127. The fraction of sp³-hybridized carbons (Fsp3) is 0.333. The van der Waals surface area contributed by atoms with Gasteiger partial charge in [-0.25, -0.2) is 0 Å². The Balaban J connectivity index is 2.06. The minimum Gasteiger partial charge on any atom is -0.396 e. The maximum Gasteiger partial charge on any atom is 0.246 e. The van der Waals surface area contributed by atoms with Crippen molar-refractivity contribution in [3.05, 3.63) is 44.8 Å². The fourth-order valence-corrected chi connectivity index (χ4v) is 2.59. The molecule has 0 spiro atoms. The Morgan fingerprint density at radius 1 is 1.33 bits per heavy atom. The quantitative estimate of drug-likeness (QED) is 0.759. The number of aryl methyl sites for hydroxylation is 1. The third-order valence-corrected chi connectivity index (χ3v) is 4.03. The van der Waals surface area contributed by atoms with Crippen molar-refractivity contribution >= 4 is 34.2 Å². The van der Waals surface area contributed by atoms with Crippen LogP contribution in [0.25, 0.3) is 0 Å². The summed E-state index contributed by atoms with van der Waals surface area (Å²) < 4.78 is 2.81. The van der Waals surface area contributed by atoms with Crippen molar-refractivity contribution in [1.29, 1.82) is 0 Å². The first-order chi connectivity index (χ1) is 10.0. The van der Waals surface area contributed by atoms with Gasteiger partial charge in [0.05, 0.1) is 5.69 Å². The van der Waals surface area contributed by atoms with Crippen molar-refractivity contribution < 1.29 is 9.90 Å². The number of aliphatic hydroxyl groups excluding tert-OH is 1. The van der Waals surface area contributed by atoms with Crippen molar-refractivity contribution in [1.82, 2.24) is 9.78 Å². The first-order valence-electron chi connectivity index (χ1n) is 6.70. The van der Waals surface area contributed by atoms with Crippen LogP contribution in [-0.4, -0.2) is 27.4 Å². The zero-order chi connectivity index (χ0) is 15.4. The Labute approximate surface area is 137 Å². The van der Waals surface area contributed by atoms with Crippen LogP contribution in [0.1, 0.15) is 17.0 Å². The molecule has 0 bridgehead atoms. The molecular weight excluding hydrogens is 381 g/mol. The molecule has 1 amide bonds. The number of carbonyl (C=O) groups is 1. The number of nitrogens with zero attached hydrogens (tertiary/aromatic N) is 2. The van der Waals surface area contributed by atoms with Gasteiger partial charge >= 0.3 is 0 Å². The molecule has 2 aromatic rings. The van der Waals surface area contributed by atoms with Crippen LogP contribution in [0, 0.1) is 17.4 Å². The molecule has 6 heteroatoms. The summed E-state index contributed by atoms with van der Waals surface area (Å²) in [6.45, 7) is 4.07. The van der Waals surface area contributed by atoms with Crippen LogP contribution >= 0.6 is 22.6 Å². The van der Waals surface area contributed by atoms with E-state index in [1.807, 2.05) is 38.1 Å². The number of aliphatic hydroxyl groups is 1. The van der Waals surface area contributed by atoms with Gasteiger partial charge in [0.25, 0.3) is 0 Å². The molecule has 5 nitrogen and oxygen atoms in total. The van der Waals surface area contributed by atoms with Crippen LogP contribution in [-0.2, 0) is 17.8 Å². The summed E-state index contributed by atoms with van der Waals surface area (Å²) in [5.41, 5.74) is 3.58.